The summed E-state index contributed by atoms with van der Waals surface area (Å²) in [6.45, 7) is 4.20. The second-order valence-electron chi connectivity index (χ2n) is 15.7. The number of amides is 1. The van der Waals surface area contributed by atoms with Gasteiger partial charge in [-0.1, -0.05) is 212 Å². The van der Waals surface area contributed by atoms with E-state index in [1.54, 1.807) is 6.08 Å². The Morgan fingerprint density at radius 1 is 0.490 bits per heavy atom. The Labute approximate surface area is 318 Å². The number of rotatable bonds is 41. The smallest absolute Gasteiger partial charge is 0.222 e. The lowest BCUT2D eigenvalue weighted by Gasteiger charge is -2.20. The molecule has 3 atom stereocenters. The molecule has 1 amide bonds. The van der Waals surface area contributed by atoms with E-state index in [-0.39, 0.29) is 18.9 Å². The van der Waals surface area contributed by atoms with Crippen LogP contribution < -0.4 is 5.32 Å². The molecular formula is C46H89NO4. The molecule has 0 radical (unpaired) electrons. The lowest BCUT2D eigenvalue weighted by molar-refractivity contribution is -0.124. The molecule has 0 heterocycles. The molecule has 0 aliphatic rings. The SMILES string of the molecule is CCCCCCCC/C=C\CCCC(O)CC(=O)NC(CO)C(O)/C=C/CCCCCCCCCCCCCCCCCCCCCCCCC. The van der Waals surface area contributed by atoms with Crippen LogP contribution in [0.4, 0.5) is 0 Å². The fraction of sp³-hybridized carbons (Fsp3) is 0.891. The number of carbonyl (C=O) groups is 1. The standard InChI is InChI=1S/C46H89NO4/c1-3-5-7-9-11-13-15-16-17-18-19-20-21-22-23-24-25-26-27-28-30-32-34-36-38-40-45(50)44(42-48)47-46(51)41-43(49)39-37-35-33-31-29-14-12-10-8-6-4-2/h31,33,38,40,43-45,48-50H,3-30,32,34-37,39,41-42H2,1-2H3,(H,47,51)/b33-31-,40-38+. The molecule has 5 heteroatoms. The number of aliphatic hydroxyl groups excluding tert-OH is 3. The summed E-state index contributed by atoms with van der Waals surface area (Å²) in [4.78, 5) is 12.4. The van der Waals surface area contributed by atoms with Gasteiger partial charge in [-0.05, 0) is 44.9 Å². The van der Waals surface area contributed by atoms with Gasteiger partial charge in [-0.25, -0.2) is 0 Å². The van der Waals surface area contributed by atoms with Crippen LogP contribution in [0.15, 0.2) is 24.3 Å². The Morgan fingerprint density at radius 3 is 1.20 bits per heavy atom. The summed E-state index contributed by atoms with van der Waals surface area (Å²) in [6, 6.07) is -0.750. The van der Waals surface area contributed by atoms with Gasteiger partial charge in [0.15, 0.2) is 0 Å². The zero-order chi connectivity index (χ0) is 37.3. The highest BCUT2D eigenvalue weighted by Crippen LogP contribution is 2.16. The summed E-state index contributed by atoms with van der Waals surface area (Å²) in [5, 5.41) is 33.1. The summed E-state index contributed by atoms with van der Waals surface area (Å²) in [6.07, 6.45) is 50.5. The maximum atomic E-state index is 12.4. The molecule has 0 aromatic heterocycles. The van der Waals surface area contributed by atoms with E-state index in [1.165, 1.54) is 180 Å². The van der Waals surface area contributed by atoms with Gasteiger partial charge in [0, 0.05) is 0 Å². The molecule has 51 heavy (non-hydrogen) atoms. The molecule has 0 saturated heterocycles. The van der Waals surface area contributed by atoms with Gasteiger partial charge in [-0.2, -0.15) is 0 Å². The molecule has 0 aliphatic heterocycles. The van der Waals surface area contributed by atoms with E-state index in [4.69, 9.17) is 0 Å². The van der Waals surface area contributed by atoms with Crippen molar-refractivity contribution >= 4 is 5.91 Å². The molecule has 0 aliphatic carbocycles. The van der Waals surface area contributed by atoms with Crippen molar-refractivity contribution in [3.63, 3.8) is 0 Å². The van der Waals surface area contributed by atoms with E-state index < -0.39 is 18.2 Å². The minimum absolute atomic E-state index is 0.00604. The van der Waals surface area contributed by atoms with Crippen molar-refractivity contribution in [3.8, 4) is 0 Å². The molecule has 0 spiro atoms. The van der Waals surface area contributed by atoms with Crippen LogP contribution in [0.5, 0.6) is 0 Å². The highest BCUT2D eigenvalue weighted by atomic mass is 16.3. The Bertz CT molecular complexity index is 754. The van der Waals surface area contributed by atoms with Crippen molar-refractivity contribution in [1.82, 2.24) is 5.32 Å². The predicted molar refractivity (Wildman–Crippen MR) is 222 cm³/mol. The Morgan fingerprint density at radius 2 is 0.824 bits per heavy atom. The minimum atomic E-state index is -0.933. The van der Waals surface area contributed by atoms with Crippen LogP contribution in [0, 0.1) is 0 Å². The minimum Gasteiger partial charge on any atom is -0.394 e. The lowest BCUT2D eigenvalue weighted by Crippen LogP contribution is -2.45. The highest BCUT2D eigenvalue weighted by molar-refractivity contribution is 5.76. The number of aliphatic hydroxyl groups is 3. The van der Waals surface area contributed by atoms with Gasteiger partial charge >= 0.3 is 0 Å². The molecule has 5 nitrogen and oxygen atoms in total. The van der Waals surface area contributed by atoms with Crippen LogP contribution in [0.1, 0.15) is 239 Å². The molecule has 0 saturated carbocycles. The molecule has 0 fully saturated rings. The Hall–Kier alpha value is -1.17. The zero-order valence-electron chi connectivity index (χ0n) is 34.2. The summed E-state index contributed by atoms with van der Waals surface area (Å²) in [5.74, 6) is -0.331. The van der Waals surface area contributed by atoms with E-state index in [0.29, 0.717) is 6.42 Å². The van der Waals surface area contributed by atoms with Gasteiger partial charge in [0.25, 0.3) is 0 Å². The molecular weight excluding hydrogens is 631 g/mol. The third kappa shape index (κ3) is 38.4. The van der Waals surface area contributed by atoms with Crippen LogP contribution in [-0.2, 0) is 4.79 Å². The molecule has 3 unspecified atom stereocenters. The summed E-state index contributed by atoms with van der Waals surface area (Å²) < 4.78 is 0. The molecule has 0 aromatic carbocycles. The third-order valence-corrected chi connectivity index (χ3v) is 10.5. The van der Waals surface area contributed by atoms with Gasteiger partial charge in [0.05, 0.1) is 31.3 Å². The van der Waals surface area contributed by atoms with Gasteiger partial charge in [-0.3, -0.25) is 4.79 Å². The lowest BCUT2D eigenvalue weighted by atomic mass is 10.0. The van der Waals surface area contributed by atoms with Crippen molar-refractivity contribution in [2.45, 2.75) is 257 Å². The molecule has 0 rings (SSSR count). The fourth-order valence-electron chi connectivity index (χ4n) is 6.99. The second-order valence-corrected chi connectivity index (χ2v) is 15.7. The van der Waals surface area contributed by atoms with Gasteiger partial charge in [0.1, 0.15) is 0 Å². The average molecular weight is 720 g/mol. The number of nitrogens with one attached hydrogen (secondary N) is 1. The Balaban J connectivity index is 3.60. The predicted octanol–water partition coefficient (Wildman–Crippen LogP) is 13.0. The number of hydrogen-bond donors (Lipinski definition) is 4. The van der Waals surface area contributed by atoms with Crippen molar-refractivity contribution in [1.29, 1.82) is 0 Å². The van der Waals surface area contributed by atoms with E-state index in [2.05, 4.69) is 31.3 Å². The zero-order valence-corrected chi connectivity index (χ0v) is 34.2. The largest absolute Gasteiger partial charge is 0.394 e. The third-order valence-electron chi connectivity index (χ3n) is 10.5. The topological polar surface area (TPSA) is 89.8 Å². The van der Waals surface area contributed by atoms with Crippen molar-refractivity contribution in [2.75, 3.05) is 6.61 Å². The molecule has 4 N–H and O–H groups in total. The van der Waals surface area contributed by atoms with Gasteiger partial charge in [-0.15, -0.1) is 0 Å². The number of unbranched alkanes of at least 4 members (excludes halogenated alkanes) is 30. The molecule has 0 aromatic rings. The first-order valence-corrected chi connectivity index (χ1v) is 22.6. The normalized spacial score (nSPS) is 13.7. The summed E-state index contributed by atoms with van der Waals surface area (Å²) in [5.41, 5.74) is 0. The van der Waals surface area contributed by atoms with Gasteiger partial charge < -0.3 is 20.6 Å². The van der Waals surface area contributed by atoms with Crippen LogP contribution in [0.2, 0.25) is 0 Å². The van der Waals surface area contributed by atoms with Crippen molar-refractivity contribution < 1.29 is 20.1 Å². The van der Waals surface area contributed by atoms with E-state index >= 15 is 0 Å². The van der Waals surface area contributed by atoms with E-state index in [1.807, 2.05) is 6.08 Å². The van der Waals surface area contributed by atoms with Gasteiger partial charge in [0.2, 0.25) is 5.91 Å². The van der Waals surface area contributed by atoms with Crippen LogP contribution >= 0.6 is 0 Å². The Kier molecular flexibility index (Phi) is 40.6. The quantitative estimate of drug-likeness (QED) is 0.0374. The molecule has 302 valence electrons. The van der Waals surface area contributed by atoms with E-state index in [0.717, 1.165) is 32.1 Å². The van der Waals surface area contributed by atoms with Crippen molar-refractivity contribution in [2.24, 2.45) is 0 Å². The second kappa shape index (κ2) is 41.6. The maximum absolute atomic E-state index is 12.4. The first-order chi connectivity index (χ1) is 25.0. The number of carbonyl (C=O) groups excluding carboxylic acids is 1. The van der Waals surface area contributed by atoms with Crippen LogP contribution in [0.25, 0.3) is 0 Å². The average Bonchev–Trinajstić information content (AvgIpc) is 3.12. The first kappa shape index (κ1) is 49.8. The van der Waals surface area contributed by atoms with E-state index in [9.17, 15) is 20.1 Å². The number of hydrogen-bond acceptors (Lipinski definition) is 4. The first-order valence-electron chi connectivity index (χ1n) is 22.6. The van der Waals surface area contributed by atoms with Crippen molar-refractivity contribution in [3.05, 3.63) is 24.3 Å². The van der Waals surface area contributed by atoms with Crippen LogP contribution in [0.3, 0.4) is 0 Å². The summed E-state index contributed by atoms with van der Waals surface area (Å²) >= 11 is 0. The summed E-state index contributed by atoms with van der Waals surface area (Å²) in [7, 11) is 0. The maximum Gasteiger partial charge on any atom is 0.222 e. The van der Waals surface area contributed by atoms with Crippen LogP contribution in [-0.4, -0.2) is 46.1 Å². The number of allylic oxidation sites excluding steroid dienone is 3. The monoisotopic (exact) mass is 720 g/mol. The highest BCUT2D eigenvalue weighted by Gasteiger charge is 2.20. The fourth-order valence-corrected chi connectivity index (χ4v) is 6.99. The molecule has 0 bridgehead atoms.